The van der Waals surface area contributed by atoms with Crippen molar-refractivity contribution in [2.24, 2.45) is 5.16 Å². The van der Waals surface area contributed by atoms with E-state index in [4.69, 9.17) is 5.11 Å². The fourth-order valence-electron chi connectivity index (χ4n) is 1.09. The van der Waals surface area contributed by atoms with Crippen LogP contribution in [0.15, 0.2) is 29.4 Å². The predicted molar refractivity (Wildman–Crippen MR) is 53.9 cm³/mol. The molecule has 1 aromatic rings. The minimum atomic E-state index is -1.32. The second-order valence-electron chi connectivity index (χ2n) is 2.89. The number of alkyl halides is 1. The Morgan fingerprint density at radius 2 is 2.12 bits per heavy atom. The summed E-state index contributed by atoms with van der Waals surface area (Å²) >= 11 is 0. The second kappa shape index (κ2) is 5.69. The third-order valence-electron chi connectivity index (χ3n) is 1.82. The highest BCUT2D eigenvalue weighted by Crippen LogP contribution is 2.16. The predicted octanol–water partition coefficient (Wildman–Crippen LogP) is 1.32. The number of hydrogen-bond acceptors (Lipinski definition) is 4. The number of hydrogen-bond donors (Lipinski definition) is 2. The first-order valence-corrected chi connectivity index (χ1v) is 4.40. The number of nitrogens with zero attached hydrogens (tertiary/aromatic N) is 1. The van der Waals surface area contributed by atoms with E-state index in [1.165, 1.54) is 6.07 Å². The standard InChI is InChI=1S/C10H10FNO4/c11-6-16-12-8(10(14)15)5-7-3-1-2-4-9(7)13/h1-4,13H,5-6H2,(H,14,15). The summed E-state index contributed by atoms with van der Waals surface area (Å²) < 4.78 is 11.7. The van der Waals surface area contributed by atoms with Gasteiger partial charge >= 0.3 is 5.97 Å². The maximum absolute atomic E-state index is 11.7. The van der Waals surface area contributed by atoms with E-state index in [9.17, 15) is 14.3 Å². The van der Waals surface area contributed by atoms with Gasteiger partial charge in [0.25, 0.3) is 6.86 Å². The molecule has 0 aromatic heterocycles. The van der Waals surface area contributed by atoms with Gasteiger partial charge in [0.15, 0.2) is 5.71 Å². The molecule has 1 aromatic carbocycles. The summed E-state index contributed by atoms with van der Waals surface area (Å²) in [5, 5.41) is 21.3. The molecule has 6 heteroatoms. The van der Waals surface area contributed by atoms with Crippen LogP contribution in [0.1, 0.15) is 5.56 Å². The van der Waals surface area contributed by atoms with Crippen LogP contribution >= 0.6 is 0 Å². The van der Waals surface area contributed by atoms with Gasteiger partial charge in [-0.05, 0) is 6.07 Å². The van der Waals surface area contributed by atoms with Crippen LogP contribution in [-0.2, 0) is 16.1 Å². The van der Waals surface area contributed by atoms with Gasteiger partial charge < -0.3 is 15.1 Å². The van der Waals surface area contributed by atoms with Gasteiger partial charge in [0.05, 0.1) is 0 Å². The van der Waals surface area contributed by atoms with Crippen LogP contribution in [0.3, 0.4) is 0 Å². The van der Waals surface area contributed by atoms with Gasteiger partial charge in [0, 0.05) is 12.0 Å². The zero-order valence-corrected chi connectivity index (χ0v) is 8.26. The molecular weight excluding hydrogens is 217 g/mol. The Bertz CT molecular complexity index is 406. The lowest BCUT2D eigenvalue weighted by atomic mass is 10.1. The lowest BCUT2D eigenvalue weighted by Crippen LogP contribution is -2.16. The number of carboxylic acid groups (broad SMARTS) is 1. The van der Waals surface area contributed by atoms with Crippen molar-refractivity contribution in [2.45, 2.75) is 6.42 Å². The average molecular weight is 227 g/mol. The number of aromatic hydroxyl groups is 1. The van der Waals surface area contributed by atoms with E-state index in [2.05, 4.69) is 9.99 Å². The third kappa shape index (κ3) is 3.23. The molecule has 86 valence electrons. The topological polar surface area (TPSA) is 79.1 Å². The van der Waals surface area contributed by atoms with Crippen LogP contribution in [0, 0.1) is 0 Å². The van der Waals surface area contributed by atoms with E-state index in [-0.39, 0.29) is 17.9 Å². The SMILES string of the molecule is O=C(O)C(Cc1ccccc1O)=NOCF. The fourth-order valence-corrected chi connectivity index (χ4v) is 1.09. The molecule has 0 saturated heterocycles. The molecular formula is C10H10FNO4. The summed E-state index contributed by atoms with van der Waals surface area (Å²) in [6.07, 6.45) is -0.137. The summed E-state index contributed by atoms with van der Waals surface area (Å²) in [5.74, 6) is -1.37. The van der Waals surface area contributed by atoms with Gasteiger partial charge in [-0.1, -0.05) is 23.4 Å². The van der Waals surface area contributed by atoms with Crippen molar-refractivity contribution < 1.29 is 24.2 Å². The minimum Gasteiger partial charge on any atom is -0.508 e. The molecule has 0 aliphatic carbocycles. The molecule has 0 fully saturated rings. The number of phenolic OH excluding ortho intramolecular Hbond substituents is 1. The summed E-state index contributed by atoms with van der Waals surface area (Å²) in [6, 6.07) is 6.22. The van der Waals surface area contributed by atoms with Crippen molar-refractivity contribution in [3.63, 3.8) is 0 Å². The Morgan fingerprint density at radius 1 is 1.44 bits per heavy atom. The quantitative estimate of drug-likeness (QED) is 0.587. The molecule has 0 saturated carbocycles. The van der Waals surface area contributed by atoms with Gasteiger partial charge in [-0.3, -0.25) is 0 Å². The van der Waals surface area contributed by atoms with E-state index in [0.717, 1.165) is 0 Å². The van der Waals surface area contributed by atoms with Gasteiger partial charge in [-0.25, -0.2) is 9.18 Å². The number of halogens is 1. The van der Waals surface area contributed by atoms with Crippen molar-refractivity contribution in [3.05, 3.63) is 29.8 Å². The summed E-state index contributed by atoms with van der Waals surface area (Å²) in [5.41, 5.74) is 0.00487. The van der Waals surface area contributed by atoms with Crippen LogP contribution in [0.25, 0.3) is 0 Å². The highest BCUT2D eigenvalue weighted by atomic mass is 19.1. The van der Waals surface area contributed by atoms with Crippen LogP contribution in [0.2, 0.25) is 0 Å². The number of aliphatic carboxylic acids is 1. The first-order valence-electron chi connectivity index (χ1n) is 4.40. The van der Waals surface area contributed by atoms with Crippen molar-refractivity contribution in [2.75, 3.05) is 6.86 Å². The maximum Gasteiger partial charge on any atom is 0.354 e. The van der Waals surface area contributed by atoms with Gasteiger partial charge in [0.1, 0.15) is 5.75 Å². The Labute approximate surface area is 90.8 Å². The number of phenols is 1. The molecule has 0 radical (unpaired) electrons. The summed E-state index contributed by atoms with van der Waals surface area (Å²) in [4.78, 5) is 14.7. The molecule has 5 nitrogen and oxygen atoms in total. The van der Waals surface area contributed by atoms with E-state index >= 15 is 0 Å². The lowest BCUT2D eigenvalue weighted by Gasteiger charge is -2.03. The van der Waals surface area contributed by atoms with Crippen molar-refractivity contribution in [1.29, 1.82) is 0 Å². The van der Waals surface area contributed by atoms with Gasteiger partial charge in [0.2, 0.25) is 0 Å². The third-order valence-corrected chi connectivity index (χ3v) is 1.82. The van der Waals surface area contributed by atoms with Gasteiger partial charge in [-0.15, -0.1) is 0 Å². The minimum absolute atomic E-state index is 0.0447. The maximum atomic E-state index is 11.7. The number of para-hydroxylation sites is 1. The van der Waals surface area contributed by atoms with Crippen LogP contribution in [0.4, 0.5) is 4.39 Å². The number of benzene rings is 1. The van der Waals surface area contributed by atoms with E-state index in [1.807, 2.05) is 0 Å². The average Bonchev–Trinajstić information content (AvgIpc) is 2.26. The molecule has 0 aliphatic heterocycles. The number of carbonyl (C=O) groups is 1. The molecule has 0 bridgehead atoms. The molecule has 0 aliphatic rings. The molecule has 0 amide bonds. The first-order chi connectivity index (χ1) is 7.65. The van der Waals surface area contributed by atoms with Gasteiger partial charge in [-0.2, -0.15) is 0 Å². The molecule has 2 N–H and O–H groups in total. The zero-order valence-electron chi connectivity index (χ0n) is 8.26. The summed E-state index contributed by atoms with van der Waals surface area (Å²) in [7, 11) is 0. The zero-order chi connectivity index (χ0) is 12.0. The molecule has 0 unspecified atom stereocenters. The van der Waals surface area contributed by atoms with Crippen molar-refractivity contribution in [3.8, 4) is 5.75 Å². The van der Waals surface area contributed by atoms with Crippen molar-refractivity contribution >= 4 is 11.7 Å². The second-order valence-corrected chi connectivity index (χ2v) is 2.89. The van der Waals surface area contributed by atoms with Crippen LogP contribution < -0.4 is 0 Å². The molecule has 1 rings (SSSR count). The van der Waals surface area contributed by atoms with Crippen LogP contribution in [-0.4, -0.2) is 28.8 Å². The molecule has 0 heterocycles. The Kier molecular flexibility index (Phi) is 4.26. The highest BCUT2D eigenvalue weighted by Gasteiger charge is 2.13. The Hall–Kier alpha value is -2.11. The Morgan fingerprint density at radius 3 is 2.69 bits per heavy atom. The molecule has 0 atom stereocenters. The lowest BCUT2D eigenvalue weighted by molar-refractivity contribution is -0.129. The smallest absolute Gasteiger partial charge is 0.354 e. The molecule has 0 spiro atoms. The Balaban J connectivity index is 2.84. The largest absolute Gasteiger partial charge is 0.508 e. The number of carboxylic acids is 1. The monoisotopic (exact) mass is 227 g/mol. The first kappa shape index (κ1) is 12.0. The number of oxime groups is 1. The molecule has 16 heavy (non-hydrogen) atoms. The van der Waals surface area contributed by atoms with E-state index < -0.39 is 12.8 Å². The van der Waals surface area contributed by atoms with E-state index in [1.54, 1.807) is 18.2 Å². The fraction of sp³-hybridized carbons (Fsp3) is 0.200. The van der Waals surface area contributed by atoms with Crippen LogP contribution in [0.5, 0.6) is 5.75 Å². The van der Waals surface area contributed by atoms with E-state index in [0.29, 0.717) is 5.56 Å². The normalized spacial score (nSPS) is 11.2. The highest BCUT2D eigenvalue weighted by molar-refractivity contribution is 6.36. The number of rotatable bonds is 5. The van der Waals surface area contributed by atoms with Crippen molar-refractivity contribution in [1.82, 2.24) is 0 Å². The summed E-state index contributed by atoms with van der Waals surface area (Å²) in [6.45, 7) is -1.20.